The lowest BCUT2D eigenvalue weighted by Gasteiger charge is -2.17. The lowest BCUT2D eigenvalue weighted by atomic mass is 10.1. The van der Waals surface area contributed by atoms with Gasteiger partial charge in [-0.3, -0.25) is 0 Å². The first-order valence-electron chi connectivity index (χ1n) is 9.54. The van der Waals surface area contributed by atoms with Crippen LogP contribution in [-0.4, -0.2) is 16.5 Å². The van der Waals surface area contributed by atoms with Gasteiger partial charge in [-0.2, -0.15) is 0 Å². The van der Waals surface area contributed by atoms with Gasteiger partial charge in [-0.05, 0) is 30.9 Å². The van der Waals surface area contributed by atoms with Crippen molar-refractivity contribution < 1.29 is 0 Å². The lowest BCUT2D eigenvalue weighted by Crippen LogP contribution is -2.24. The molecular formula is C21H33N3. The molecule has 0 saturated heterocycles. The van der Waals surface area contributed by atoms with Gasteiger partial charge in [0.15, 0.2) is 0 Å². The van der Waals surface area contributed by atoms with E-state index in [-0.39, 0.29) is 0 Å². The summed E-state index contributed by atoms with van der Waals surface area (Å²) in [6.07, 6.45) is 9.50. The van der Waals surface area contributed by atoms with Crippen LogP contribution < -0.4 is 5.32 Å². The molecule has 0 unspecified atom stereocenters. The molecular weight excluding hydrogens is 294 g/mol. The van der Waals surface area contributed by atoms with Crippen molar-refractivity contribution in [1.29, 1.82) is 0 Å². The number of unbranched alkanes of at least 4 members (excludes halogenated alkanes) is 3. The summed E-state index contributed by atoms with van der Waals surface area (Å²) in [6, 6.07) is 10.8. The second-order valence-electron chi connectivity index (χ2n) is 7.09. The minimum Gasteiger partial charge on any atom is -0.341 e. The van der Waals surface area contributed by atoms with Crippen LogP contribution in [0.4, 0.5) is 0 Å². The molecule has 3 nitrogen and oxygen atoms in total. The van der Waals surface area contributed by atoms with E-state index in [0.29, 0.717) is 6.04 Å². The smallest absolute Gasteiger partial charge is 0.123 e. The molecule has 132 valence electrons. The molecule has 1 aromatic carbocycles. The number of rotatable bonds is 11. The lowest BCUT2D eigenvalue weighted by molar-refractivity contribution is 0.430. The predicted molar refractivity (Wildman–Crippen MR) is 103 cm³/mol. The van der Waals surface area contributed by atoms with Gasteiger partial charge in [0, 0.05) is 0 Å². The van der Waals surface area contributed by atoms with Crippen LogP contribution in [0.3, 0.4) is 0 Å². The van der Waals surface area contributed by atoms with Crippen LogP contribution in [0.15, 0.2) is 36.5 Å². The Morgan fingerprint density at radius 3 is 2.54 bits per heavy atom. The molecule has 0 aliphatic heterocycles. The van der Waals surface area contributed by atoms with Crippen molar-refractivity contribution in [3.8, 4) is 11.3 Å². The number of benzene rings is 1. The average molecular weight is 328 g/mol. The normalized spacial score (nSPS) is 12.7. The molecule has 1 heterocycles. The summed E-state index contributed by atoms with van der Waals surface area (Å²) in [5.74, 6) is 1.81. The number of imidazole rings is 1. The van der Waals surface area contributed by atoms with E-state index in [0.717, 1.165) is 30.4 Å². The third-order valence-corrected chi connectivity index (χ3v) is 4.47. The highest BCUT2D eigenvalue weighted by Crippen LogP contribution is 2.22. The molecule has 1 aromatic heterocycles. The van der Waals surface area contributed by atoms with Crippen LogP contribution in [0.1, 0.15) is 71.2 Å². The van der Waals surface area contributed by atoms with Gasteiger partial charge < -0.3 is 10.3 Å². The molecule has 3 heteroatoms. The minimum absolute atomic E-state index is 0.332. The molecule has 0 aliphatic rings. The number of aromatic nitrogens is 2. The van der Waals surface area contributed by atoms with Crippen molar-refractivity contribution in [2.75, 3.05) is 6.54 Å². The van der Waals surface area contributed by atoms with Crippen molar-refractivity contribution in [2.24, 2.45) is 5.92 Å². The van der Waals surface area contributed by atoms with Crippen LogP contribution >= 0.6 is 0 Å². The Balaban J connectivity index is 2.00. The summed E-state index contributed by atoms with van der Waals surface area (Å²) in [5, 5.41) is 3.72. The van der Waals surface area contributed by atoms with Crippen molar-refractivity contribution in [3.05, 3.63) is 42.4 Å². The highest BCUT2D eigenvalue weighted by molar-refractivity contribution is 5.58. The maximum absolute atomic E-state index is 4.67. The summed E-state index contributed by atoms with van der Waals surface area (Å²) in [5.41, 5.74) is 2.30. The number of aromatic amines is 1. The zero-order valence-electron chi connectivity index (χ0n) is 15.5. The monoisotopic (exact) mass is 327 g/mol. The Morgan fingerprint density at radius 1 is 1.04 bits per heavy atom. The third-order valence-electron chi connectivity index (χ3n) is 4.47. The summed E-state index contributed by atoms with van der Waals surface area (Å²) in [4.78, 5) is 8.21. The van der Waals surface area contributed by atoms with Gasteiger partial charge >= 0.3 is 0 Å². The van der Waals surface area contributed by atoms with Gasteiger partial charge in [0.1, 0.15) is 5.82 Å². The third kappa shape index (κ3) is 6.12. The van der Waals surface area contributed by atoms with Crippen molar-refractivity contribution in [2.45, 2.75) is 65.3 Å². The van der Waals surface area contributed by atoms with Crippen LogP contribution in [0.25, 0.3) is 11.3 Å². The fourth-order valence-corrected chi connectivity index (χ4v) is 2.94. The van der Waals surface area contributed by atoms with E-state index in [1.54, 1.807) is 0 Å². The van der Waals surface area contributed by atoms with Gasteiger partial charge in [0.05, 0.1) is 17.9 Å². The van der Waals surface area contributed by atoms with E-state index in [2.05, 4.69) is 60.3 Å². The highest BCUT2D eigenvalue weighted by atomic mass is 15.0. The zero-order chi connectivity index (χ0) is 17.2. The molecule has 2 N–H and O–H groups in total. The topological polar surface area (TPSA) is 40.7 Å². The quantitative estimate of drug-likeness (QED) is 0.518. The standard InChI is InChI=1S/C21H33N3/c1-4-5-6-10-13-19(22-15-14-17(2)3)21-23-16-20(24-21)18-11-8-7-9-12-18/h7-9,11-12,16-17,19,22H,4-6,10,13-15H2,1-3H3,(H,23,24)/t19-/m1/s1. The van der Waals surface area contributed by atoms with Crippen LogP contribution in [-0.2, 0) is 0 Å². The van der Waals surface area contributed by atoms with E-state index in [9.17, 15) is 0 Å². The number of nitrogens with zero attached hydrogens (tertiary/aromatic N) is 1. The van der Waals surface area contributed by atoms with Crippen LogP contribution in [0.2, 0.25) is 0 Å². The molecule has 1 atom stereocenters. The maximum atomic E-state index is 4.67. The first-order valence-corrected chi connectivity index (χ1v) is 9.54. The summed E-state index contributed by atoms with van der Waals surface area (Å²) < 4.78 is 0. The summed E-state index contributed by atoms with van der Waals surface area (Å²) in [6.45, 7) is 7.87. The molecule has 0 spiro atoms. The number of hydrogen-bond acceptors (Lipinski definition) is 2. The Bertz CT molecular complexity index is 559. The van der Waals surface area contributed by atoms with Gasteiger partial charge in [-0.25, -0.2) is 4.98 Å². The fraction of sp³-hybridized carbons (Fsp3) is 0.571. The maximum Gasteiger partial charge on any atom is 0.123 e. The van der Waals surface area contributed by atoms with Crippen molar-refractivity contribution in [1.82, 2.24) is 15.3 Å². The van der Waals surface area contributed by atoms with Gasteiger partial charge in [-0.1, -0.05) is 76.8 Å². The first-order chi connectivity index (χ1) is 11.7. The van der Waals surface area contributed by atoms with E-state index in [1.165, 1.54) is 37.7 Å². The van der Waals surface area contributed by atoms with Crippen molar-refractivity contribution in [3.63, 3.8) is 0 Å². The Hall–Kier alpha value is -1.61. The Labute approximate surface area is 147 Å². The summed E-state index contributed by atoms with van der Waals surface area (Å²) in [7, 11) is 0. The van der Waals surface area contributed by atoms with E-state index >= 15 is 0 Å². The molecule has 0 bridgehead atoms. The van der Waals surface area contributed by atoms with Gasteiger partial charge in [0.25, 0.3) is 0 Å². The molecule has 0 fully saturated rings. The molecule has 0 aliphatic carbocycles. The van der Waals surface area contributed by atoms with Gasteiger partial charge in [-0.15, -0.1) is 0 Å². The molecule has 0 amide bonds. The predicted octanol–water partition coefficient (Wildman–Crippen LogP) is 5.72. The van der Waals surface area contributed by atoms with E-state index in [1.807, 2.05) is 12.3 Å². The molecule has 0 radical (unpaired) electrons. The second-order valence-corrected chi connectivity index (χ2v) is 7.09. The first kappa shape index (κ1) is 18.7. The van der Waals surface area contributed by atoms with Crippen LogP contribution in [0, 0.1) is 5.92 Å². The van der Waals surface area contributed by atoms with E-state index in [4.69, 9.17) is 0 Å². The number of H-pyrrole nitrogens is 1. The summed E-state index contributed by atoms with van der Waals surface area (Å²) >= 11 is 0. The molecule has 2 rings (SSSR count). The van der Waals surface area contributed by atoms with E-state index < -0.39 is 0 Å². The largest absolute Gasteiger partial charge is 0.341 e. The fourth-order valence-electron chi connectivity index (χ4n) is 2.94. The van der Waals surface area contributed by atoms with Crippen LogP contribution in [0.5, 0.6) is 0 Å². The van der Waals surface area contributed by atoms with Gasteiger partial charge in [0.2, 0.25) is 0 Å². The Kier molecular flexibility index (Phi) is 8.03. The number of nitrogens with one attached hydrogen (secondary N) is 2. The minimum atomic E-state index is 0.332. The number of hydrogen-bond donors (Lipinski definition) is 2. The molecule has 2 aromatic rings. The molecule has 24 heavy (non-hydrogen) atoms. The average Bonchev–Trinajstić information content (AvgIpc) is 3.07. The van der Waals surface area contributed by atoms with Crippen molar-refractivity contribution >= 4 is 0 Å². The SMILES string of the molecule is CCCCCC[C@@H](NCCC(C)C)c1ncc(-c2ccccc2)[nH]1. The zero-order valence-corrected chi connectivity index (χ0v) is 15.5. The Morgan fingerprint density at radius 2 is 1.83 bits per heavy atom. The molecule has 0 saturated carbocycles. The highest BCUT2D eigenvalue weighted by Gasteiger charge is 2.15. The second kappa shape index (κ2) is 10.3.